The molecule has 3 nitrogen and oxygen atoms in total. The third kappa shape index (κ3) is 2.12. The van der Waals surface area contributed by atoms with Gasteiger partial charge in [-0.1, -0.05) is 0 Å². The van der Waals surface area contributed by atoms with E-state index in [9.17, 15) is 18.0 Å². The fraction of sp³-hybridized carbons (Fsp3) is 0.929. The van der Waals surface area contributed by atoms with Crippen LogP contribution in [0.5, 0.6) is 0 Å². The predicted octanol–water partition coefficient (Wildman–Crippen LogP) is 2.51. The molecule has 0 unspecified atom stereocenters. The molecule has 4 bridgehead atoms. The zero-order chi connectivity index (χ0) is 14.5. The minimum Gasteiger partial charge on any atom is -0.468 e. The lowest BCUT2D eigenvalue weighted by Gasteiger charge is -2.59. The van der Waals surface area contributed by atoms with E-state index in [1.54, 1.807) is 0 Å². The number of hydrogen-bond donors (Lipinski definition) is 1. The number of nitrogens with one attached hydrogen (secondary N) is 1. The van der Waals surface area contributed by atoms with Crippen molar-refractivity contribution in [1.29, 1.82) is 0 Å². The van der Waals surface area contributed by atoms with E-state index in [1.165, 1.54) is 13.5 Å². The van der Waals surface area contributed by atoms with Crippen molar-refractivity contribution in [3.05, 3.63) is 0 Å². The Morgan fingerprint density at radius 2 is 1.65 bits per heavy atom. The third-order valence-electron chi connectivity index (χ3n) is 5.53. The summed E-state index contributed by atoms with van der Waals surface area (Å²) in [7, 11) is 1.27. The van der Waals surface area contributed by atoms with Crippen LogP contribution in [0.15, 0.2) is 0 Å². The zero-order valence-electron chi connectivity index (χ0n) is 11.5. The molecule has 1 N–H and O–H groups in total. The number of carbonyl (C=O) groups excluding carboxylic acids is 1. The summed E-state index contributed by atoms with van der Waals surface area (Å²) in [5.74, 6) is 0.656. The summed E-state index contributed by atoms with van der Waals surface area (Å²) in [6.45, 7) is -1.12. The van der Waals surface area contributed by atoms with E-state index in [0.29, 0.717) is 11.8 Å². The highest BCUT2D eigenvalue weighted by Crippen LogP contribution is 2.58. The minimum absolute atomic E-state index is 0.00597. The number of rotatable bonds is 3. The second kappa shape index (κ2) is 4.61. The van der Waals surface area contributed by atoms with Crippen LogP contribution in [-0.4, -0.2) is 31.3 Å². The van der Waals surface area contributed by atoms with Gasteiger partial charge in [0, 0.05) is 0 Å². The molecule has 4 saturated carbocycles. The first kappa shape index (κ1) is 14.2. The van der Waals surface area contributed by atoms with Crippen molar-refractivity contribution in [3.8, 4) is 0 Å². The van der Waals surface area contributed by atoms with Gasteiger partial charge in [0.15, 0.2) is 0 Å². The molecule has 4 rings (SSSR count). The Labute approximate surface area is 116 Å². The van der Waals surface area contributed by atoms with Crippen molar-refractivity contribution in [3.63, 3.8) is 0 Å². The summed E-state index contributed by atoms with van der Waals surface area (Å²) in [6, 6.07) is 0. The molecular formula is C14H20F3NO2. The number of alkyl halides is 3. The summed E-state index contributed by atoms with van der Waals surface area (Å²) >= 11 is 0. The Morgan fingerprint density at radius 1 is 1.15 bits per heavy atom. The maximum atomic E-state index is 12.6. The van der Waals surface area contributed by atoms with Crippen LogP contribution in [0.3, 0.4) is 0 Å². The van der Waals surface area contributed by atoms with Crippen molar-refractivity contribution in [2.75, 3.05) is 13.7 Å². The molecule has 0 radical (unpaired) electrons. The van der Waals surface area contributed by atoms with Gasteiger partial charge in [0.1, 0.15) is 5.54 Å². The second-order valence-corrected chi connectivity index (χ2v) is 6.63. The van der Waals surface area contributed by atoms with E-state index in [2.05, 4.69) is 5.32 Å². The summed E-state index contributed by atoms with van der Waals surface area (Å²) in [5, 5.41) is 2.57. The number of hydrogen-bond acceptors (Lipinski definition) is 3. The molecule has 6 heteroatoms. The lowest BCUT2D eigenvalue weighted by molar-refractivity contribution is -0.176. The van der Waals surface area contributed by atoms with Gasteiger partial charge >= 0.3 is 12.1 Å². The largest absolute Gasteiger partial charge is 0.468 e. The first-order chi connectivity index (χ1) is 9.35. The smallest absolute Gasteiger partial charge is 0.401 e. The van der Waals surface area contributed by atoms with Crippen LogP contribution in [0.25, 0.3) is 0 Å². The lowest BCUT2D eigenvalue weighted by atomic mass is 9.48. The number of ether oxygens (including phenoxy) is 1. The van der Waals surface area contributed by atoms with Crippen LogP contribution in [0.2, 0.25) is 0 Å². The van der Waals surface area contributed by atoms with Gasteiger partial charge in [0.25, 0.3) is 0 Å². The molecule has 0 aliphatic heterocycles. The topological polar surface area (TPSA) is 38.3 Å². The highest BCUT2D eigenvalue weighted by molar-refractivity contribution is 5.82. The molecule has 0 aromatic rings. The molecule has 4 fully saturated rings. The average Bonchev–Trinajstić information content (AvgIpc) is 2.36. The Balaban J connectivity index is 1.88. The molecule has 4 aliphatic carbocycles. The summed E-state index contributed by atoms with van der Waals surface area (Å²) in [4.78, 5) is 12.3. The number of halogens is 3. The fourth-order valence-corrected chi connectivity index (χ4v) is 5.04. The molecule has 0 heterocycles. The maximum Gasteiger partial charge on any atom is 0.401 e. The standard InChI is InChI=1S/C14H20F3NO2/c1-20-12(19)14(18-7-13(15,16)17)10-3-8-2-9(5-10)6-11(14)4-8/h8-11,18H,2-7H2,1H3. The molecular weight excluding hydrogens is 271 g/mol. The van der Waals surface area contributed by atoms with Gasteiger partial charge in [0.05, 0.1) is 13.7 Å². The second-order valence-electron chi connectivity index (χ2n) is 6.63. The third-order valence-corrected chi connectivity index (χ3v) is 5.53. The Morgan fingerprint density at radius 3 is 2.05 bits per heavy atom. The van der Waals surface area contributed by atoms with E-state index < -0.39 is 24.2 Å². The number of esters is 1. The molecule has 0 saturated heterocycles. The Kier molecular flexibility index (Phi) is 3.27. The quantitative estimate of drug-likeness (QED) is 0.812. The first-order valence-electron chi connectivity index (χ1n) is 7.25. The minimum atomic E-state index is -4.31. The van der Waals surface area contributed by atoms with Crippen LogP contribution in [0.1, 0.15) is 32.1 Å². The summed E-state index contributed by atoms with van der Waals surface area (Å²) < 4.78 is 42.7. The average molecular weight is 291 g/mol. The van der Waals surface area contributed by atoms with Crippen LogP contribution in [0.4, 0.5) is 13.2 Å². The van der Waals surface area contributed by atoms with E-state index in [1.807, 2.05) is 0 Å². The van der Waals surface area contributed by atoms with Crippen LogP contribution in [-0.2, 0) is 9.53 Å². The van der Waals surface area contributed by atoms with Gasteiger partial charge in [-0.05, 0) is 55.8 Å². The molecule has 0 aromatic carbocycles. The maximum absolute atomic E-state index is 12.6. The Bertz CT molecular complexity index is 380. The fourth-order valence-electron chi connectivity index (χ4n) is 5.04. The Hall–Kier alpha value is -0.780. The van der Waals surface area contributed by atoms with Gasteiger partial charge in [-0.3, -0.25) is 10.1 Å². The molecule has 20 heavy (non-hydrogen) atoms. The highest BCUT2D eigenvalue weighted by atomic mass is 19.4. The zero-order valence-corrected chi connectivity index (χ0v) is 11.5. The van der Waals surface area contributed by atoms with Crippen LogP contribution >= 0.6 is 0 Å². The van der Waals surface area contributed by atoms with Crippen molar-refractivity contribution in [2.24, 2.45) is 23.7 Å². The van der Waals surface area contributed by atoms with Crippen molar-refractivity contribution in [1.82, 2.24) is 5.32 Å². The molecule has 0 atom stereocenters. The molecule has 114 valence electrons. The highest BCUT2D eigenvalue weighted by Gasteiger charge is 2.62. The van der Waals surface area contributed by atoms with E-state index >= 15 is 0 Å². The number of carbonyl (C=O) groups is 1. The van der Waals surface area contributed by atoms with E-state index in [4.69, 9.17) is 4.74 Å². The van der Waals surface area contributed by atoms with Crippen molar-refractivity contribution >= 4 is 5.97 Å². The van der Waals surface area contributed by atoms with Gasteiger partial charge in [-0.15, -0.1) is 0 Å². The van der Waals surface area contributed by atoms with Crippen molar-refractivity contribution in [2.45, 2.75) is 43.8 Å². The van der Waals surface area contributed by atoms with E-state index in [-0.39, 0.29) is 11.8 Å². The van der Waals surface area contributed by atoms with Gasteiger partial charge in [-0.25, -0.2) is 0 Å². The summed E-state index contributed by atoms with van der Waals surface area (Å²) in [5.41, 5.74) is -1.11. The molecule has 4 aliphatic rings. The monoisotopic (exact) mass is 291 g/mol. The van der Waals surface area contributed by atoms with Gasteiger partial charge in [-0.2, -0.15) is 13.2 Å². The van der Waals surface area contributed by atoms with Crippen molar-refractivity contribution < 1.29 is 22.7 Å². The van der Waals surface area contributed by atoms with Gasteiger partial charge in [0.2, 0.25) is 0 Å². The van der Waals surface area contributed by atoms with Gasteiger partial charge < -0.3 is 4.74 Å². The van der Waals surface area contributed by atoms with Crippen LogP contribution in [0, 0.1) is 23.7 Å². The predicted molar refractivity (Wildman–Crippen MR) is 65.8 cm³/mol. The SMILES string of the molecule is COC(=O)C1(NCC(F)(F)F)C2CC3CC(C2)CC1C3. The summed E-state index contributed by atoms with van der Waals surface area (Å²) in [6.07, 6.45) is 0.291. The normalized spacial score (nSPS) is 42.8. The molecule has 0 spiro atoms. The first-order valence-corrected chi connectivity index (χ1v) is 7.25. The molecule has 0 amide bonds. The molecule has 0 aromatic heterocycles. The van der Waals surface area contributed by atoms with Crippen LogP contribution < -0.4 is 5.32 Å². The lowest BCUT2D eigenvalue weighted by Crippen LogP contribution is -2.70. The number of methoxy groups -OCH3 is 1. The van der Waals surface area contributed by atoms with E-state index in [0.717, 1.165) is 25.7 Å².